The third kappa shape index (κ3) is 6.00. The van der Waals surface area contributed by atoms with Gasteiger partial charge in [0.1, 0.15) is 17.2 Å². The first kappa shape index (κ1) is 26.9. The summed E-state index contributed by atoms with van der Waals surface area (Å²) < 4.78 is 62.5. The molecule has 0 spiro atoms. The number of aromatic nitrogens is 2. The summed E-state index contributed by atoms with van der Waals surface area (Å²) in [6, 6.07) is 5.19. The van der Waals surface area contributed by atoms with Crippen LogP contribution in [0.15, 0.2) is 30.5 Å². The van der Waals surface area contributed by atoms with Gasteiger partial charge < -0.3 is 24.7 Å². The molecule has 4 heterocycles. The van der Waals surface area contributed by atoms with E-state index < -0.39 is 29.7 Å². The summed E-state index contributed by atoms with van der Waals surface area (Å²) in [4.78, 5) is 34.1. The van der Waals surface area contributed by atoms with Gasteiger partial charge in [0.15, 0.2) is 0 Å². The van der Waals surface area contributed by atoms with Crippen LogP contribution in [0.5, 0.6) is 5.75 Å². The van der Waals surface area contributed by atoms with Crippen molar-refractivity contribution in [1.82, 2.24) is 14.9 Å². The van der Waals surface area contributed by atoms with Gasteiger partial charge in [-0.15, -0.1) is 13.2 Å². The Balaban J connectivity index is 1.33. The predicted molar refractivity (Wildman–Crippen MR) is 134 cm³/mol. The molecule has 2 aromatic heterocycles. The average molecular weight is 549 g/mol. The average Bonchev–Trinajstić information content (AvgIpc) is 3.32. The number of nitrogens with zero attached hydrogens (tertiary/aromatic N) is 2. The Kier molecular flexibility index (Phi) is 7.48. The lowest BCUT2D eigenvalue weighted by Crippen LogP contribution is -2.38. The number of nitrogens with one attached hydrogen (secondary N) is 2. The maximum absolute atomic E-state index is 15.1. The van der Waals surface area contributed by atoms with E-state index in [2.05, 4.69) is 20.0 Å². The number of carbonyl (C=O) groups is 2. The van der Waals surface area contributed by atoms with Gasteiger partial charge in [-0.05, 0) is 49.8 Å². The minimum atomic E-state index is -4.92. The van der Waals surface area contributed by atoms with Gasteiger partial charge in [0, 0.05) is 61.9 Å². The highest BCUT2D eigenvalue weighted by atomic mass is 19.4. The molecule has 1 aromatic carbocycles. The van der Waals surface area contributed by atoms with Crippen molar-refractivity contribution in [1.29, 1.82) is 0 Å². The zero-order chi connectivity index (χ0) is 27.7. The standard InChI is InChI=1S/C27H28F4N4O4/c1-15(36)33-23-12-18(39-27(29,30)31)2-3-19(23)26(37)35-8-4-17(5-9-35)24-20-13-22(16-6-10-38-11-7-16)34-25(20)32-14-21(24)28/h2-3,12-14,16-17H,4-11H2,1H3,(H,32,34)(H,33,36). The smallest absolute Gasteiger partial charge is 0.406 e. The summed E-state index contributed by atoms with van der Waals surface area (Å²) in [5.41, 5.74) is 2.19. The Hall–Kier alpha value is -3.67. The van der Waals surface area contributed by atoms with E-state index in [4.69, 9.17) is 4.74 Å². The molecule has 2 saturated heterocycles. The highest BCUT2D eigenvalue weighted by Gasteiger charge is 2.33. The number of fused-ring (bicyclic) bond motifs is 1. The van der Waals surface area contributed by atoms with Gasteiger partial charge in [0.2, 0.25) is 5.91 Å². The third-order valence-corrected chi connectivity index (χ3v) is 7.29. The number of hydrogen-bond donors (Lipinski definition) is 2. The monoisotopic (exact) mass is 548 g/mol. The topological polar surface area (TPSA) is 96.5 Å². The summed E-state index contributed by atoms with van der Waals surface area (Å²) in [6.45, 7) is 3.18. The number of hydrogen-bond acceptors (Lipinski definition) is 5. The van der Waals surface area contributed by atoms with E-state index in [0.29, 0.717) is 56.3 Å². The summed E-state index contributed by atoms with van der Waals surface area (Å²) >= 11 is 0. The number of amides is 2. The molecule has 2 fully saturated rings. The molecule has 0 saturated carbocycles. The predicted octanol–water partition coefficient (Wildman–Crippen LogP) is 5.47. The molecule has 208 valence electrons. The van der Waals surface area contributed by atoms with Gasteiger partial charge in [-0.25, -0.2) is 9.37 Å². The second-order valence-corrected chi connectivity index (χ2v) is 9.90. The number of benzene rings is 1. The Morgan fingerprint density at radius 1 is 1.10 bits per heavy atom. The Morgan fingerprint density at radius 3 is 2.49 bits per heavy atom. The molecule has 5 rings (SSSR count). The largest absolute Gasteiger partial charge is 0.573 e. The normalized spacial score (nSPS) is 17.4. The van der Waals surface area contributed by atoms with Crippen LogP contribution < -0.4 is 10.1 Å². The van der Waals surface area contributed by atoms with Crippen molar-refractivity contribution in [2.45, 2.75) is 50.8 Å². The van der Waals surface area contributed by atoms with E-state index in [0.717, 1.165) is 36.1 Å². The van der Waals surface area contributed by atoms with Crippen molar-refractivity contribution in [3.05, 3.63) is 53.1 Å². The number of anilines is 1. The molecule has 0 unspecified atom stereocenters. The van der Waals surface area contributed by atoms with Crippen LogP contribution >= 0.6 is 0 Å². The molecule has 0 radical (unpaired) electrons. The van der Waals surface area contributed by atoms with Crippen LogP contribution in [0.4, 0.5) is 23.2 Å². The molecule has 2 amide bonds. The van der Waals surface area contributed by atoms with Gasteiger partial charge in [0.25, 0.3) is 5.91 Å². The van der Waals surface area contributed by atoms with E-state index >= 15 is 4.39 Å². The van der Waals surface area contributed by atoms with E-state index in [9.17, 15) is 22.8 Å². The van der Waals surface area contributed by atoms with Gasteiger partial charge in [0.05, 0.1) is 17.4 Å². The molecule has 2 N–H and O–H groups in total. The van der Waals surface area contributed by atoms with Gasteiger partial charge >= 0.3 is 6.36 Å². The number of pyridine rings is 1. The van der Waals surface area contributed by atoms with Crippen LogP contribution in [0.2, 0.25) is 0 Å². The molecular weight excluding hydrogens is 520 g/mol. The first-order chi connectivity index (χ1) is 18.6. The van der Waals surface area contributed by atoms with Crippen LogP contribution in [0, 0.1) is 5.82 Å². The second-order valence-electron chi connectivity index (χ2n) is 9.90. The lowest BCUT2D eigenvalue weighted by Gasteiger charge is -2.33. The van der Waals surface area contributed by atoms with Crippen LogP contribution in [0.25, 0.3) is 11.0 Å². The molecule has 3 aromatic rings. The lowest BCUT2D eigenvalue weighted by molar-refractivity contribution is -0.274. The first-order valence-electron chi connectivity index (χ1n) is 12.8. The van der Waals surface area contributed by atoms with Crippen molar-refractivity contribution in [2.24, 2.45) is 0 Å². The second kappa shape index (κ2) is 10.8. The number of rotatable bonds is 5. The Bertz CT molecular complexity index is 1380. The Morgan fingerprint density at radius 2 is 1.82 bits per heavy atom. The fraction of sp³-hybridized carbons (Fsp3) is 0.444. The minimum Gasteiger partial charge on any atom is -0.406 e. The molecule has 0 atom stereocenters. The molecule has 12 heteroatoms. The van der Waals surface area contributed by atoms with Crippen molar-refractivity contribution < 1.29 is 36.6 Å². The lowest BCUT2D eigenvalue weighted by atomic mass is 9.87. The zero-order valence-electron chi connectivity index (χ0n) is 21.2. The number of carbonyl (C=O) groups excluding carboxylic acids is 2. The zero-order valence-corrected chi connectivity index (χ0v) is 21.2. The number of aromatic amines is 1. The number of halogens is 4. The van der Waals surface area contributed by atoms with E-state index in [-0.39, 0.29) is 17.2 Å². The maximum atomic E-state index is 15.1. The maximum Gasteiger partial charge on any atom is 0.573 e. The van der Waals surface area contributed by atoms with Crippen molar-refractivity contribution >= 4 is 28.5 Å². The van der Waals surface area contributed by atoms with Crippen LogP contribution in [-0.4, -0.2) is 59.3 Å². The molecule has 39 heavy (non-hydrogen) atoms. The first-order valence-corrected chi connectivity index (χ1v) is 12.8. The molecule has 8 nitrogen and oxygen atoms in total. The van der Waals surface area contributed by atoms with E-state index in [1.807, 2.05) is 6.07 Å². The number of likely N-dealkylation sites (tertiary alicyclic amines) is 1. The minimum absolute atomic E-state index is 0.0439. The summed E-state index contributed by atoms with van der Waals surface area (Å²) in [7, 11) is 0. The van der Waals surface area contributed by atoms with Gasteiger partial charge in [-0.2, -0.15) is 0 Å². The van der Waals surface area contributed by atoms with Crippen molar-refractivity contribution in [3.63, 3.8) is 0 Å². The van der Waals surface area contributed by atoms with Crippen LogP contribution in [-0.2, 0) is 9.53 Å². The van der Waals surface area contributed by atoms with Crippen LogP contribution in [0.1, 0.15) is 66.1 Å². The highest BCUT2D eigenvalue weighted by molar-refractivity contribution is 6.03. The SMILES string of the molecule is CC(=O)Nc1cc(OC(F)(F)F)ccc1C(=O)N1CCC(c2c(F)cnc3[nH]c(C4CCOCC4)cc23)CC1. The quantitative estimate of drug-likeness (QED) is 0.412. The number of ether oxygens (including phenoxy) is 2. The van der Waals surface area contributed by atoms with E-state index in [1.54, 1.807) is 4.90 Å². The number of H-pyrrole nitrogens is 1. The number of piperidine rings is 1. The Labute approximate surface area is 221 Å². The van der Waals surface area contributed by atoms with Crippen LogP contribution in [0.3, 0.4) is 0 Å². The summed E-state index contributed by atoms with van der Waals surface area (Å²) in [5, 5.41) is 3.15. The summed E-state index contributed by atoms with van der Waals surface area (Å²) in [6.07, 6.45) is -0.943. The number of alkyl halides is 3. The third-order valence-electron chi connectivity index (χ3n) is 7.29. The fourth-order valence-electron chi connectivity index (χ4n) is 5.48. The molecule has 2 aliphatic heterocycles. The molecular formula is C27H28F4N4O4. The molecule has 0 bridgehead atoms. The highest BCUT2D eigenvalue weighted by Crippen LogP contribution is 2.38. The van der Waals surface area contributed by atoms with Crippen molar-refractivity contribution in [2.75, 3.05) is 31.6 Å². The molecule has 0 aliphatic carbocycles. The molecule has 2 aliphatic rings. The van der Waals surface area contributed by atoms with Gasteiger partial charge in [-0.3, -0.25) is 9.59 Å². The fourth-order valence-corrected chi connectivity index (χ4v) is 5.48. The summed E-state index contributed by atoms with van der Waals surface area (Å²) in [5.74, 6) is -1.78. The van der Waals surface area contributed by atoms with Crippen molar-refractivity contribution in [3.8, 4) is 5.75 Å². The van der Waals surface area contributed by atoms with Gasteiger partial charge in [-0.1, -0.05) is 0 Å². The van der Waals surface area contributed by atoms with E-state index in [1.165, 1.54) is 19.2 Å².